The highest BCUT2D eigenvalue weighted by molar-refractivity contribution is 5.75. The van der Waals surface area contributed by atoms with E-state index in [9.17, 15) is 14.4 Å². The van der Waals surface area contributed by atoms with Crippen LogP contribution in [-0.4, -0.2) is 56.0 Å². The Labute approximate surface area is 105 Å². The first kappa shape index (κ1) is 16.2. The monoisotopic (exact) mass is 262 g/mol. The number of esters is 1. The van der Waals surface area contributed by atoms with E-state index in [2.05, 4.69) is 15.4 Å². The number of amides is 2. The van der Waals surface area contributed by atoms with Crippen LogP contribution in [0.25, 0.3) is 0 Å². The fraction of sp³-hybridized carbons (Fsp3) is 0.700. The Balaban J connectivity index is 3.37. The molecule has 0 aromatic carbocycles. The summed E-state index contributed by atoms with van der Waals surface area (Å²) in [5.41, 5.74) is 0. The molecule has 0 saturated carbocycles. The number of hydrogen-bond donors (Lipinski definition) is 3. The van der Waals surface area contributed by atoms with E-state index in [1.54, 1.807) is 6.92 Å². The minimum absolute atomic E-state index is 0.108. The second-order valence-corrected chi connectivity index (χ2v) is 3.18. The van der Waals surface area contributed by atoms with Gasteiger partial charge in [-0.1, -0.05) is 0 Å². The lowest BCUT2D eigenvalue weighted by Gasteiger charge is -2.07. The van der Waals surface area contributed by atoms with Crippen molar-refractivity contribution in [3.63, 3.8) is 0 Å². The van der Waals surface area contributed by atoms with E-state index < -0.39 is 18.6 Å². The van der Waals surface area contributed by atoms with Crippen LogP contribution in [0, 0.1) is 0 Å². The molecule has 0 rings (SSSR count). The maximum absolute atomic E-state index is 11.1. The number of carbonyl (C=O) groups excluding carboxylic acids is 2. The van der Waals surface area contributed by atoms with Crippen molar-refractivity contribution in [1.29, 1.82) is 0 Å². The lowest BCUT2D eigenvalue weighted by Crippen LogP contribution is -2.38. The summed E-state index contributed by atoms with van der Waals surface area (Å²) < 4.78 is 9.38. The summed E-state index contributed by atoms with van der Waals surface area (Å²) in [6.07, 6.45) is 0.108. The molecule has 8 nitrogen and oxygen atoms in total. The molecule has 0 aromatic rings. The molecule has 0 bridgehead atoms. The summed E-state index contributed by atoms with van der Waals surface area (Å²) in [6.45, 7) is 2.10. The third kappa shape index (κ3) is 10.7. The number of rotatable bonds is 9. The SMILES string of the molecule is CCOC(=O)CCNC(=O)NCCOCC(=O)O. The molecule has 0 saturated heterocycles. The van der Waals surface area contributed by atoms with Crippen molar-refractivity contribution >= 4 is 18.0 Å². The van der Waals surface area contributed by atoms with Gasteiger partial charge >= 0.3 is 18.0 Å². The molecule has 0 atom stereocenters. The molecule has 2 amide bonds. The molecule has 0 fully saturated rings. The Morgan fingerprint density at radius 1 is 1.17 bits per heavy atom. The zero-order valence-electron chi connectivity index (χ0n) is 10.2. The van der Waals surface area contributed by atoms with Crippen molar-refractivity contribution in [2.45, 2.75) is 13.3 Å². The topological polar surface area (TPSA) is 114 Å². The quantitative estimate of drug-likeness (QED) is 0.375. The minimum atomic E-state index is -1.06. The molecule has 0 heterocycles. The molecule has 18 heavy (non-hydrogen) atoms. The van der Waals surface area contributed by atoms with E-state index in [4.69, 9.17) is 9.84 Å². The van der Waals surface area contributed by atoms with E-state index in [-0.39, 0.29) is 32.1 Å². The highest BCUT2D eigenvalue weighted by Crippen LogP contribution is 1.84. The van der Waals surface area contributed by atoms with Gasteiger partial charge < -0.3 is 25.2 Å². The van der Waals surface area contributed by atoms with Gasteiger partial charge in [0.2, 0.25) is 0 Å². The van der Waals surface area contributed by atoms with Crippen molar-refractivity contribution in [3.05, 3.63) is 0 Å². The maximum atomic E-state index is 11.1. The predicted octanol–water partition coefficient (Wildman–Crippen LogP) is -0.660. The number of nitrogens with one attached hydrogen (secondary N) is 2. The van der Waals surface area contributed by atoms with E-state index in [1.165, 1.54) is 0 Å². The van der Waals surface area contributed by atoms with Crippen molar-refractivity contribution in [1.82, 2.24) is 10.6 Å². The minimum Gasteiger partial charge on any atom is -0.480 e. The summed E-state index contributed by atoms with van der Waals surface area (Å²) in [5, 5.41) is 13.2. The number of urea groups is 1. The Hall–Kier alpha value is -1.83. The molecular weight excluding hydrogens is 244 g/mol. The van der Waals surface area contributed by atoms with Gasteiger partial charge in [0.05, 0.1) is 19.6 Å². The summed E-state index contributed by atoms with van der Waals surface area (Å²) in [7, 11) is 0. The van der Waals surface area contributed by atoms with Gasteiger partial charge in [0.1, 0.15) is 6.61 Å². The highest BCUT2D eigenvalue weighted by Gasteiger charge is 2.03. The number of carbonyl (C=O) groups is 3. The molecular formula is C10H18N2O6. The first-order valence-electron chi connectivity index (χ1n) is 5.53. The second kappa shape index (κ2) is 10.3. The number of carboxylic acids is 1. The van der Waals surface area contributed by atoms with Crippen LogP contribution in [0.5, 0.6) is 0 Å². The van der Waals surface area contributed by atoms with Crippen molar-refractivity contribution < 1.29 is 29.0 Å². The molecule has 0 aliphatic rings. The fourth-order valence-corrected chi connectivity index (χ4v) is 0.970. The third-order valence-corrected chi connectivity index (χ3v) is 1.68. The van der Waals surface area contributed by atoms with Crippen LogP contribution >= 0.6 is 0 Å². The van der Waals surface area contributed by atoms with Gasteiger partial charge in [0, 0.05) is 13.1 Å². The summed E-state index contributed by atoms with van der Waals surface area (Å²) >= 11 is 0. The lowest BCUT2D eigenvalue weighted by molar-refractivity contribution is -0.143. The smallest absolute Gasteiger partial charge is 0.329 e. The number of carboxylic acid groups (broad SMARTS) is 1. The van der Waals surface area contributed by atoms with Crippen molar-refractivity contribution in [3.8, 4) is 0 Å². The summed E-state index contributed by atoms with van der Waals surface area (Å²) in [6, 6.07) is -0.446. The molecule has 0 aliphatic heterocycles. The third-order valence-electron chi connectivity index (χ3n) is 1.68. The molecule has 0 radical (unpaired) electrons. The second-order valence-electron chi connectivity index (χ2n) is 3.18. The van der Waals surface area contributed by atoms with E-state index in [1.807, 2.05) is 0 Å². The van der Waals surface area contributed by atoms with Gasteiger partial charge in [0.15, 0.2) is 0 Å². The largest absolute Gasteiger partial charge is 0.480 e. The van der Waals surface area contributed by atoms with Crippen molar-refractivity contribution in [2.24, 2.45) is 0 Å². The van der Waals surface area contributed by atoms with Crippen molar-refractivity contribution in [2.75, 3.05) is 32.9 Å². The van der Waals surface area contributed by atoms with Crippen LogP contribution < -0.4 is 10.6 Å². The molecule has 0 spiro atoms. The molecule has 3 N–H and O–H groups in total. The zero-order chi connectivity index (χ0) is 13.8. The molecule has 0 aliphatic carbocycles. The summed E-state index contributed by atoms with van der Waals surface area (Å²) in [4.78, 5) is 32.1. The maximum Gasteiger partial charge on any atom is 0.329 e. The first-order valence-corrected chi connectivity index (χ1v) is 5.53. The Bertz CT molecular complexity index is 282. The van der Waals surface area contributed by atoms with Crippen LogP contribution in [0.4, 0.5) is 4.79 Å². The lowest BCUT2D eigenvalue weighted by atomic mass is 10.4. The van der Waals surface area contributed by atoms with Crippen LogP contribution in [0.3, 0.4) is 0 Å². The Morgan fingerprint density at radius 2 is 1.83 bits per heavy atom. The van der Waals surface area contributed by atoms with E-state index in [0.29, 0.717) is 6.61 Å². The Morgan fingerprint density at radius 3 is 2.44 bits per heavy atom. The van der Waals surface area contributed by atoms with Gasteiger partial charge in [0.25, 0.3) is 0 Å². The Kier molecular flexibility index (Phi) is 9.28. The van der Waals surface area contributed by atoms with Gasteiger partial charge in [-0.2, -0.15) is 0 Å². The average Bonchev–Trinajstić information content (AvgIpc) is 2.28. The van der Waals surface area contributed by atoms with Gasteiger partial charge in [-0.25, -0.2) is 9.59 Å². The van der Waals surface area contributed by atoms with Gasteiger partial charge in [-0.3, -0.25) is 4.79 Å². The normalized spacial score (nSPS) is 9.61. The summed E-state index contributed by atoms with van der Waals surface area (Å²) in [5.74, 6) is -1.43. The molecule has 0 unspecified atom stereocenters. The first-order chi connectivity index (χ1) is 8.56. The molecule has 104 valence electrons. The number of ether oxygens (including phenoxy) is 2. The van der Waals surface area contributed by atoms with Crippen LogP contribution in [0.1, 0.15) is 13.3 Å². The average molecular weight is 262 g/mol. The van der Waals surface area contributed by atoms with E-state index >= 15 is 0 Å². The fourth-order valence-electron chi connectivity index (χ4n) is 0.970. The molecule has 8 heteroatoms. The zero-order valence-corrected chi connectivity index (χ0v) is 10.2. The van der Waals surface area contributed by atoms with E-state index in [0.717, 1.165) is 0 Å². The number of hydrogen-bond acceptors (Lipinski definition) is 5. The predicted molar refractivity (Wildman–Crippen MR) is 61.1 cm³/mol. The van der Waals surface area contributed by atoms with Crippen LogP contribution in [-0.2, 0) is 19.1 Å². The van der Waals surface area contributed by atoms with Crippen LogP contribution in [0.15, 0.2) is 0 Å². The number of aliphatic carboxylic acids is 1. The van der Waals surface area contributed by atoms with Crippen LogP contribution in [0.2, 0.25) is 0 Å². The molecule has 0 aromatic heterocycles. The standard InChI is InChI=1S/C10H18N2O6/c1-2-18-9(15)3-4-11-10(16)12-5-6-17-7-8(13)14/h2-7H2,1H3,(H,13,14)(H2,11,12,16). The highest BCUT2D eigenvalue weighted by atomic mass is 16.5. The van der Waals surface area contributed by atoms with Gasteiger partial charge in [-0.05, 0) is 6.92 Å². The van der Waals surface area contributed by atoms with Gasteiger partial charge in [-0.15, -0.1) is 0 Å².